The molecule has 0 radical (unpaired) electrons. The molecule has 0 aliphatic carbocycles. The Labute approximate surface area is 206 Å². The maximum Gasteiger partial charge on any atom is 0.416 e. The quantitative estimate of drug-likeness (QED) is 0.485. The van der Waals surface area contributed by atoms with Crippen molar-refractivity contribution in [3.63, 3.8) is 0 Å². The summed E-state index contributed by atoms with van der Waals surface area (Å²) in [5, 5.41) is 1.94. The lowest BCUT2D eigenvalue weighted by Crippen LogP contribution is -2.47. The summed E-state index contributed by atoms with van der Waals surface area (Å²) < 4.78 is 138. The highest BCUT2D eigenvalue weighted by Crippen LogP contribution is 2.40. The van der Waals surface area contributed by atoms with Gasteiger partial charge in [-0.05, 0) is 37.6 Å². The minimum Gasteiger partial charge on any atom is -0.324 e. The molecule has 2 aromatic rings. The van der Waals surface area contributed by atoms with Gasteiger partial charge in [-0.25, -0.2) is 39.9 Å². The van der Waals surface area contributed by atoms with Crippen LogP contribution in [0.1, 0.15) is 25.3 Å². The van der Waals surface area contributed by atoms with Crippen LogP contribution in [0.4, 0.5) is 45.6 Å². The van der Waals surface area contributed by atoms with Crippen LogP contribution in [0.5, 0.6) is 0 Å². The van der Waals surface area contributed by atoms with Gasteiger partial charge in [0.1, 0.15) is 17.5 Å². The molecule has 6 nitrogen and oxygen atoms in total. The van der Waals surface area contributed by atoms with Crippen LogP contribution in [0.25, 0.3) is 11.1 Å². The van der Waals surface area contributed by atoms with Gasteiger partial charge in [-0.2, -0.15) is 13.2 Å². The highest BCUT2D eigenvalue weighted by Gasteiger charge is 2.44. The number of hydrogen-bond acceptors (Lipinski definition) is 3. The number of nitrogens with one attached hydrogen (secondary N) is 2. The number of nitrogens with zero attached hydrogens (tertiary/aromatic N) is 1. The standard InChI is InChI=1S/C22H21F8N3O3S/c1-2-37(35,36)32-17-6-8-33(9-7-21(17,26)27)20(34)31-19-13(18-14(23)4-3-5-15(18)24)10-12(11-16(19)25)22(28,29)30/h3-5,10-11,17,32H,2,6-9H2,1H3,(H,31,34)/t17-/m1/s1. The van der Waals surface area contributed by atoms with Gasteiger partial charge in [-0.15, -0.1) is 0 Å². The van der Waals surface area contributed by atoms with Crippen molar-refractivity contribution in [1.29, 1.82) is 0 Å². The highest BCUT2D eigenvalue weighted by atomic mass is 32.2. The number of hydrogen-bond donors (Lipinski definition) is 2. The van der Waals surface area contributed by atoms with Gasteiger partial charge in [-0.1, -0.05) is 6.07 Å². The number of halogens is 8. The fraction of sp³-hybridized carbons (Fsp3) is 0.409. The van der Waals surface area contributed by atoms with Crippen LogP contribution < -0.4 is 10.0 Å². The van der Waals surface area contributed by atoms with Crippen molar-refractivity contribution < 1.29 is 48.3 Å². The minimum absolute atomic E-state index is 0.0179. The van der Waals surface area contributed by atoms with E-state index in [1.54, 1.807) is 0 Å². The number of carbonyl (C=O) groups is 1. The van der Waals surface area contributed by atoms with Crippen molar-refractivity contribution in [3.8, 4) is 11.1 Å². The van der Waals surface area contributed by atoms with Crippen LogP contribution in [0.15, 0.2) is 30.3 Å². The summed E-state index contributed by atoms with van der Waals surface area (Å²) in [7, 11) is -4.02. The predicted molar refractivity (Wildman–Crippen MR) is 118 cm³/mol. The van der Waals surface area contributed by atoms with E-state index < -0.39 is 106 Å². The molecule has 1 aliphatic heterocycles. The minimum atomic E-state index is -5.10. The van der Waals surface area contributed by atoms with E-state index in [-0.39, 0.29) is 12.1 Å². The molecular formula is C22H21F8N3O3S. The molecule has 0 unspecified atom stereocenters. The molecule has 0 aromatic heterocycles. The number of carbonyl (C=O) groups excluding carboxylic acids is 1. The Kier molecular flexibility index (Phi) is 8.08. The van der Waals surface area contributed by atoms with Crippen LogP contribution >= 0.6 is 0 Å². The first-order valence-electron chi connectivity index (χ1n) is 10.8. The lowest BCUT2D eigenvalue weighted by Gasteiger charge is -2.24. The first kappa shape index (κ1) is 28.6. The maximum absolute atomic E-state index is 14.8. The van der Waals surface area contributed by atoms with E-state index in [9.17, 15) is 48.3 Å². The Morgan fingerprint density at radius 2 is 1.70 bits per heavy atom. The van der Waals surface area contributed by atoms with E-state index in [1.165, 1.54) is 6.92 Å². The summed E-state index contributed by atoms with van der Waals surface area (Å²) in [6.45, 7) is 0.171. The van der Waals surface area contributed by atoms with E-state index in [0.29, 0.717) is 0 Å². The van der Waals surface area contributed by atoms with Crippen LogP contribution in [-0.2, 0) is 16.2 Å². The number of sulfonamides is 1. The Hall–Kier alpha value is -2.94. The number of anilines is 1. The number of urea groups is 1. The van der Waals surface area contributed by atoms with E-state index in [2.05, 4.69) is 0 Å². The molecule has 2 amide bonds. The van der Waals surface area contributed by atoms with Gasteiger partial charge >= 0.3 is 12.2 Å². The molecule has 0 bridgehead atoms. The highest BCUT2D eigenvalue weighted by molar-refractivity contribution is 7.89. The van der Waals surface area contributed by atoms with E-state index in [4.69, 9.17) is 0 Å². The summed E-state index contributed by atoms with van der Waals surface area (Å²) in [5.74, 6) is -8.37. The fourth-order valence-electron chi connectivity index (χ4n) is 3.75. The summed E-state index contributed by atoms with van der Waals surface area (Å²) in [6.07, 6.45) is -6.62. The predicted octanol–water partition coefficient (Wildman–Crippen LogP) is 5.36. The molecule has 1 atom stereocenters. The average Bonchev–Trinajstić information content (AvgIpc) is 2.92. The van der Waals surface area contributed by atoms with Crippen molar-refractivity contribution >= 4 is 21.7 Å². The summed E-state index contributed by atoms with van der Waals surface area (Å²) in [5.41, 5.74) is -4.58. The number of rotatable bonds is 5. The molecule has 3 rings (SSSR count). The van der Waals surface area contributed by atoms with Crippen LogP contribution in [0.2, 0.25) is 0 Å². The lowest BCUT2D eigenvalue weighted by atomic mass is 9.99. The van der Waals surface area contributed by atoms with Crippen LogP contribution in [0, 0.1) is 17.5 Å². The maximum atomic E-state index is 14.8. The first-order chi connectivity index (χ1) is 17.1. The largest absolute Gasteiger partial charge is 0.416 e. The van der Waals surface area contributed by atoms with Crippen molar-refractivity contribution in [2.75, 3.05) is 24.2 Å². The van der Waals surface area contributed by atoms with E-state index >= 15 is 0 Å². The molecule has 0 spiro atoms. The molecule has 2 aromatic carbocycles. The molecule has 15 heteroatoms. The molecule has 1 saturated heterocycles. The third-order valence-electron chi connectivity index (χ3n) is 5.78. The van der Waals surface area contributed by atoms with Crippen LogP contribution in [0.3, 0.4) is 0 Å². The van der Waals surface area contributed by atoms with Crippen molar-refractivity contribution in [1.82, 2.24) is 9.62 Å². The van der Waals surface area contributed by atoms with Gasteiger partial charge in [0.2, 0.25) is 10.0 Å². The summed E-state index contributed by atoms with van der Waals surface area (Å²) in [4.78, 5) is 13.6. The van der Waals surface area contributed by atoms with Gasteiger partial charge < -0.3 is 10.2 Å². The molecule has 204 valence electrons. The SMILES string of the molecule is CCS(=O)(=O)N[C@@H]1CCN(C(=O)Nc2c(F)cc(C(F)(F)F)cc2-c2c(F)cccc2F)CCC1(F)F. The summed E-state index contributed by atoms with van der Waals surface area (Å²) >= 11 is 0. The molecule has 37 heavy (non-hydrogen) atoms. The zero-order valence-corrected chi connectivity index (χ0v) is 19.9. The fourth-order valence-corrected chi connectivity index (χ4v) is 4.64. The molecule has 1 aliphatic rings. The van der Waals surface area contributed by atoms with Crippen LogP contribution in [-0.4, -0.2) is 50.2 Å². The van der Waals surface area contributed by atoms with E-state index in [0.717, 1.165) is 23.1 Å². The first-order valence-corrected chi connectivity index (χ1v) is 12.5. The Morgan fingerprint density at radius 3 is 2.27 bits per heavy atom. The van der Waals surface area contributed by atoms with Gasteiger partial charge in [0, 0.05) is 25.1 Å². The second-order valence-corrected chi connectivity index (χ2v) is 10.3. The monoisotopic (exact) mass is 559 g/mol. The van der Waals surface area contributed by atoms with E-state index in [1.807, 2.05) is 10.0 Å². The van der Waals surface area contributed by atoms with Crippen molar-refractivity contribution in [2.45, 2.75) is 37.9 Å². The molecule has 1 fully saturated rings. The second-order valence-electron chi connectivity index (χ2n) is 8.27. The lowest BCUT2D eigenvalue weighted by molar-refractivity contribution is -0.137. The van der Waals surface area contributed by atoms with Crippen molar-refractivity contribution in [3.05, 3.63) is 53.3 Å². The number of alkyl halides is 5. The Bertz CT molecular complexity index is 1260. The zero-order valence-electron chi connectivity index (χ0n) is 19.1. The number of amides is 2. The number of benzene rings is 2. The van der Waals surface area contributed by atoms with Crippen molar-refractivity contribution in [2.24, 2.45) is 0 Å². The van der Waals surface area contributed by atoms with Gasteiger partial charge in [0.05, 0.1) is 28.6 Å². The molecule has 2 N–H and O–H groups in total. The topological polar surface area (TPSA) is 78.5 Å². The third kappa shape index (κ3) is 6.50. The molecule has 0 saturated carbocycles. The molecular weight excluding hydrogens is 538 g/mol. The Balaban J connectivity index is 1.96. The zero-order chi connectivity index (χ0) is 27.8. The van der Waals surface area contributed by atoms with Gasteiger partial charge in [0.25, 0.3) is 5.92 Å². The second kappa shape index (κ2) is 10.4. The molecule has 1 heterocycles. The number of likely N-dealkylation sites (tertiary alicyclic amines) is 1. The smallest absolute Gasteiger partial charge is 0.324 e. The summed E-state index contributed by atoms with van der Waals surface area (Å²) in [6, 6.07) is -0.451. The van der Waals surface area contributed by atoms with Gasteiger partial charge in [0.15, 0.2) is 0 Å². The average molecular weight is 559 g/mol. The normalized spacial score (nSPS) is 18.4. The Morgan fingerprint density at radius 1 is 1.08 bits per heavy atom. The third-order valence-corrected chi connectivity index (χ3v) is 7.19. The van der Waals surface area contributed by atoms with Gasteiger partial charge in [-0.3, -0.25) is 0 Å².